The van der Waals surface area contributed by atoms with Crippen molar-refractivity contribution in [3.8, 4) is 0 Å². The molecule has 7 heteroatoms. The number of nitrogens with zero attached hydrogens (tertiary/aromatic N) is 3. The number of ether oxygens (including phenoxy) is 1. The van der Waals surface area contributed by atoms with Crippen LogP contribution in [0.25, 0.3) is 0 Å². The molecule has 2 atom stereocenters. The van der Waals surface area contributed by atoms with Gasteiger partial charge in [-0.3, -0.25) is 9.19 Å². The number of piperidine rings is 1. The van der Waals surface area contributed by atoms with Gasteiger partial charge in [0.15, 0.2) is 0 Å². The second-order valence-corrected chi connectivity index (χ2v) is 7.82. The number of hydrogen-bond donors (Lipinski definition) is 0. The van der Waals surface area contributed by atoms with E-state index in [0.717, 1.165) is 19.3 Å². The average Bonchev–Trinajstić information content (AvgIpc) is 2.47. The first-order valence-corrected chi connectivity index (χ1v) is 8.83. The Hall–Kier alpha value is -1.50. The average molecular weight is 325 g/mol. The van der Waals surface area contributed by atoms with Crippen molar-refractivity contribution in [2.45, 2.75) is 56.7 Å². The highest BCUT2D eigenvalue weighted by molar-refractivity contribution is 7.85. The van der Waals surface area contributed by atoms with Gasteiger partial charge in [0.05, 0.1) is 22.7 Å². The highest BCUT2D eigenvalue weighted by atomic mass is 32.2. The summed E-state index contributed by atoms with van der Waals surface area (Å²) in [6, 6.07) is -0.0774. The molecule has 1 aromatic rings. The fraction of sp³-hybridized carbons (Fsp3) is 0.667. The van der Waals surface area contributed by atoms with Crippen molar-refractivity contribution >= 4 is 16.9 Å². The molecule has 0 aliphatic carbocycles. The Labute approximate surface area is 133 Å². The van der Waals surface area contributed by atoms with Crippen LogP contribution < -0.4 is 0 Å². The van der Waals surface area contributed by atoms with E-state index in [1.165, 1.54) is 12.4 Å². The molecule has 6 nitrogen and oxygen atoms in total. The van der Waals surface area contributed by atoms with Crippen molar-refractivity contribution in [1.29, 1.82) is 0 Å². The molecule has 0 N–H and O–H groups in total. The van der Waals surface area contributed by atoms with Gasteiger partial charge in [0, 0.05) is 25.0 Å². The minimum atomic E-state index is -1.26. The van der Waals surface area contributed by atoms with Gasteiger partial charge in [-0.15, -0.1) is 0 Å². The molecule has 1 amide bonds. The topological polar surface area (TPSA) is 72.4 Å². The zero-order chi connectivity index (χ0) is 16.2. The predicted molar refractivity (Wildman–Crippen MR) is 83.9 cm³/mol. The first-order valence-electron chi connectivity index (χ1n) is 7.51. The second-order valence-electron chi connectivity index (χ2n) is 6.38. The standard InChI is InChI=1S/C15H23N3O3S/c1-15(2,3)21-14(19)18-9-5-4-6-12(18)11-22(20)13-10-16-7-8-17-13/h7-8,10,12H,4-6,9,11H2,1-3H3/t12-,22+/m1/s1. The zero-order valence-electron chi connectivity index (χ0n) is 13.3. The van der Waals surface area contributed by atoms with E-state index < -0.39 is 16.4 Å². The molecule has 0 unspecified atom stereocenters. The van der Waals surface area contributed by atoms with Crippen LogP contribution in [0.2, 0.25) is 0 Å². The van der Waals surface area contributed by atoms with E-state index >= 15 is 0 Å². The molecule has 122 valence electrons. The number of rotatable bonds is 3. The summed E-state index contributed by atoms with van der Waals surface area (Å²) in [5, 5.41) is 0.456. The van der Waals surface area contributed by atoms with Crippen molar-refractivity contribution in [3.63, 3.8) is 0 Å². The summed E-state index contributed by atoms with van der Waals surface area (Å²) in [5.74, 6) is 0.373. The first kappa shape index (κ1) is 16.9. The summed E-state index contributed by atoms with van der Waals surface area (Å²) < 4.78 is 17.9. The van der Waals surface area contributed by atoms with Gasteiger partial charge in [0.25, 0.3) is 0 Å². The number of likely N-dealkylation sites (tertiary alicyclic amines) is 1. The lowest BCUT2D eigenvalue weighted by Gasteiger charge is -2.36. The summed E-state index contributed by atoms with van der Waals surface area (Å²) in [6.07, 6.45) is 7.08. The van der Waals surface area contributed by atoms with Crippen molar-refractivity contribution in [3.05, 3.63) is 18.6 Å². The SMILES string of the molecule is CC(C)(C)OC(=O)N1CCCC[C@@H]1C[S@](=O)c1cnccn1. The molecule has 0 radical (unpaired) electrons. The zero-order valence-corrected chi connectivity index (χ0v) is 14.1. The first-order chi connectivity index (χ1) is 10.4. The van der Waals surface area contributed by atoms with Crippen molar-refractivity contribution in [1.82, 2.24) is 14.9 Å². The quantitative estimate of drug-likeness (QED) is 0.853. The molecule has 1 fully saturated rings. The number of carbonyl (C=O) groups is 1. The normalized spacial score (nSPS) is 20.5. The highest BCUT2D eigenvalue weighted by Gasteiger charge is 2.31. The number of carbonyl (C=O) groups excluding carboxylic acids is 1. The fourth-order valence-electron chi connectivity index (χ4n) is 2.40. The Morgan fingerprint density at radius 1 is 1.41 bits per heavy atom. The lowest BCUT2D eigenvalue weighted by molar-refractivity contribution is 0.0125. The summed E-state index contributed by atoms with van der Waals surface area (Å²) in [7, 11) is -1.26. The third kappa shape index (κ3) is 4.76. The molecule has 0 bridgehead atoms. The Balaban J connectivity index is 2.04. The smallest absolute Gasteiger partial charge is 0.410 e. The largest absolute Gasteiger partial charge is 0.444 e. The van der Waals surface area contributed by atoms with E-state index in [1.807, 2.05) is 20.8 Å². The van der Waals surface area contributed by atoms with Gasteiger partial charge in [-0.25, -0.2) is 9.78 Å². The van der Waals surface area contributed by atoms with Gasteiger partial charge in [-0.1, -0.05) is 0 Å². The van der Waals surface area contributed by atoms with E-state index in [-0.39, 0.29) is 12.1 Å². The maximum Gasteiger partial charge on any atom is 0.410 e. The van der Waals surface area contributed by atoms with Crippen LogP contribution in [0.5, 0.6) is 0 Å². The van der Waals surface area contributed by atoms with Gasteiger partial charge < -0.3 is 9.64 Å². The van der Waals surface area contributed by atoms with Gasteiger partial charge in [-0.05, 0) is 40.0 Å². The molecular formula is C15H23N3O3S. The lowest BCUT2D eigenvalue weighted by atomic mass is 10.0. The molecule has 1 saturated heterocycles. The monoisotopic (exact) mass is 325 g/mol. The third-order valence-corrected chi connectivity index (χ3v) is 4.74. The Bertz CT molecular complexity index is 531. The Morgan fingerprint density at radius 3 is 2.82 bits per heavy atom. The van der Waals surface area contributed by atoms with E-state index in [1.54, 1.807) is 11.1 Å². The second kappa shape index (κ2) is 7.17. The molecule has 0 spiro atoms. The molecule has 2 rings (SSSR count). The minimum absolute atomic E-state index is 0.0774. The number of amides is 1. The molecule has 2 heterocycles. The highest BCUT2D eigenvalue weighted by Crippen LogP contribution is 2.22. The molecule has 0 aromatic carbocycles. The van der Waals surface area contributed by atoms with Gasteiger partial charge in [0.1, 0.15) is 10.6 Å². The number of aromatic nitrogens is 2. The maximum atomic E-state index is 12.4. The van der Waals surface area contributed by atoms with Crippen LogP contribution in [0.1, 0.15) is 40.0 Å². The van der Waals surface area contributed by atoms with E-state index in [2.05, 4.69) is 9.97 Å². The van der Waals surface area contributed by atoms with Crippen molar-refractivity contribution in [2.24, 2.45) is 0 Å². The molecular weight excluding hydrogens is 302 g/mol. The van der Waals surface area contributed by atoms with E-state index in [4.69, 9.17) is 4.74 Å². The van der Waals surface area contributed by atoms with E-state index in [9.17, 15) is 9.00 Å². The molecule has 1 aliphatic heterocycles. The Morgan fingerprint density at radius 2 is 2.18 bits per heavy atom. The molecule has 22 heavy (non-hydrogen) atoms. The van der Waals surface area contributed by atoms with Crippen LogP contribution in [0.4, 0.5) is 4.79 Å². The maximum absolute atomic E-state index is 12.4. The molecule has 1 aliphatic rings. The van der Waals surface area contributed by atoms with Crippen molar-refractivity contribution < 1.29 is 13.7 Å². The minimum Gasteiger partial charge on any atom is -0.444 e. The predicted octanol–water partition coefficient (Wildman–Crippen LogP) is 2.37. The van der Waals surface area contributed by atoms with Crippen molar-refractivity contribution in [2.75, 3.05) is 12.3 Å². The van der Waals surface area contributed by atoms with Crippen LogP contribution in [0.15, 0.2) is 23.6 Å². The van der Waals surface area contributed by atoms with Crippen LogP contribution in [0.3, 0.4) is 0 Å². The van der Waals surface area contributed by atoms with Crippen LogP contribution in [-0.2, 0) is 15.5 Å². The summed E-state index contributed by atoms with van der Waals surface area (Å²) >= 11 is 0. The molecule has 0 saturated carbocycles. The van der Waals surface area contributed by atoms with Gasteiger partial charge in [-0.2, -0.15) is 0 Å². The van der Waals surface area contributed by atoms with E-state index in [0.29, 0.717) is 17.3 Å². The third-order valence-electron chi connectivity index (χ3n) is 3.37. The summed E-state index contributed by atoms with van der Waals surface area (Å²) in [6.45, 7) is 6.20. The summed E-state index contributed by atoms with van der Waals surface area (Å²) in [4.78, 5) is 22.0. The fourth-order valence-corrected chi connectivity index (χ4v) is 3.62. The van der Waals surface area contributed by atoms with Gasteiger partial charge >= 0.3 is 6.09 Å². The number of hydrogen-bond acceptors (Lipinski definition) is 5. The summed E-state index contributed by atoms with van der Waals surface area (Å²) in [5.41, 5.74) is -0.525. The Kier molecular flexibility index (Phi) is 5.50. The van der Waals surface area contributed by atoms with Crippen LogP contribution in [0, 0.1) is 0 Å². The lowest BCUT2D eigenvalue weighted by Crippen LogP contribution is -2.48. The van der Waals surface area contributed by atoms with Gasteiger partial charge in [0.2, 0.25) is 0 Å². The van der Waals surface area contributed by atoms with Crippen LogP contribution in [-0.4, -0.2) is 49.1 Å². The molecule has 1 aromatic heterocycles. The van der Waals surface area contributed by atoms with Crippen LogP contribution >= 0.6 is 0 Å².